The highest BCUT2D eigenvalue weighted by atomic mass is 32.2. The van der Waals surface area contributed by atoms with Crippen molar-refractivity contribution in [1.82, 2.24) is 5.32 Å². The molecule has 0 fully saturated rings. The van der Waals surface area contributed by atoms with Crippen molar-refractivity contribution in [2.24, 2.45) is 11.7 Å². The average Bonchev–Trinajstić information content (AvgIpc) is 2.41. The maximum Gasteiger partial charge on any atom is 0.326 e. The lowest BCUT2D eigenvalue weighted by molar-refractivity contribution is -0.523. The molecule has 9 nitrogen and oxygen atoms in total. The number of rotatable bonds is 8. The Morgan fingerprint density at radius 1 is 1.36 bits per heavy atom. The fourth-order valence-corrected chi connectivity index (χ4v) is 1.63. The van der Waals surface area contributed by atoms with E-state index in [1.54, 1.807) is 11.8 Å². The second kappa shape index (κ2) is 11.8. The van der Waals surface area contributed by atoms with Gasteiger partial charge in [-0.15, -0.1) is 0 Å². The third kappa shape index (κ3) is 10.9. The molecule has 0 aliphatic carbocycles. The van der Waals surface area contributed by atoms with Crippen LogP contribution in [-0.4, -0.2) is 51.9 Å². The minimum absolute atomic E-state index is 0.302. The van der Waals surface area contributed by atoms with Crippen LogP contribution in [0, 0.1) is 16.0 Å². The smallest absolute Gasteiger partial charge is 0.326 e. The van der Waals surface area contributed by atoms with Crippen LogP contribution < -0.4 is 11.1 Å². The molecule has 3 atom stereocenters. The van der Waals surface area contributed by atoms with E-state index < -0.39 is 34.8 Å². The molecule has 0 saturated carbocycles. The van der Waals surface area contributed by atoms with Crippen molar-refractivity contribution in [1.29, 1.82) is 0 Å². The van der Waals surface area contributed by atoms with Gasteiger partial charge >= 0.3 is 5.97 Å². The zero-order chi connectivity index (χ0) is 17.9. The van der Waals surface area contributed by atoms with E-state index in [0.717, 1.165) is 5.75 Å². The van der Waals surface area contributed by atoms with Crippen LogP contribution in [0.1, 0.15) is 27.2 Å². The molecule has 0 heterocycles. The minimum Gasteiger partial charge on any atom is -0.480 e. The summed E-state index contributed by atoms with van der Waals surface area (Å²) in [4.78, 5) is 40.9. The van der Waals surface area contributed by atoms with E-state index in [4.69, 9.17) is 10.8 Å². The standard InChI is InChI=1S/C7H13NO3S.C5H10N2O3/c1-5(9)8-6(7(10)11)3-4-12-2;1-3(5(6)8)4(2)7(9)10/h6H,3-4H2,1-2H3,(H,8,9)(H,10,11);3-4H,1-2H3,(H2,6,8)/t6-;/m0./s1. The van der Waals surface area contributed by atoms with Gasteiger partial charge in [-0.3, -0.25) is 19.7 Å². The molecular formula is C12H23N3O6S. The third-order valence-electron chi connectivity index (χ3n) is 2.79. The van der Waals surface area contributed by atoms with E-state index >= 15 is 0 Å². The maximum atomic E-state index is 10.5. The van der Waals surface area contributed by atoms with Crippen LogP contribution in [0.5, 0.6) is 0 Å². The summed E-state index contributed by atoms with van der Waals surface area (Å²) in [6, 6.07) is -1.63. The van der Waals surface area contributed by atoms with Crippen molar-refractivity contribution >= 4 is 29.5 Å². The Kier molecular flexibility index (Phi) is 12.0. The first-order chi connectivity index (χ1) is 10.0. The highest BCUT2D eigenvalue weighted by molar-refractivity contribution is 7.98. The molecule has 128 valence electrons. The number of nitrogens with two attached hydrogens (primary N) is 1. The van der Waals surface area contributed by atoms with Crippen molar-refractivity contribution in [3.05, 3.63) is 10.1 Å². The number of aliphatic carboxylic acids is 1. The number of hydrogen-bond acceptors (Lipinski definition) is 6. The Labute approximate surface area is 133 Å². The van der Waals surface area contributed by atoms with E-state index in [9.17, 15) is 24.5 Å². The molecule has 0 spiro atoms. The number of carboxylic acids is 1. The van der Waals surface area contributed by atoms with E-state index in [1.807, 2.05) is 6.26 Å². The summed E-state index contributed by atoms with van der Waals surface area (Å²) in [6.45, 7) is 4.11. The van der Waals surface area contributed by atoms with Crippen LogP contribution in [0.25, 0.3) is 0 Å². The largest absolute Gasteiger partial charge is 0.480 e. The molecule has 2 unspecified atom stereocenters. The van der Waals surface area contributed by atoms with E-state index in [2.05, 4.69) is 5.32 Å². The van der Waals surface area contributed by atoms with Crippen molar-refractivity contribution in [2.75, 3.05) is 12.0 Å². The van der Waals surface area contributed by atoms with Crippen molar-refractivity contribution < 1.29 is 24.4 Å². The highest BCUT2D eigenvalue weighted by Gasteiger charge is 2.26. The van der Waals surface area contributed by atoms with Gasteiger partial charge in [0.25, 0.3) is 0 Å². The number of carbonyl (C=O) groups excluding carboxylic acids is 2. The number of nitrogens with zero attached hydrogens (tertiary/aromatic N) is 1. The van der Waals surface area contributed by atoms with Gasteiger partial charge in [-0.1, -0.05) is 0 Å². The van der Waals surface area contributed by atoms with Crippen LogP contribution >= 0.6 is 11.8 Å². The second-order valence-corrected chi connectivity index (χ2v) is 5.58. The molecule has 0 aliphatic heterocycles. The first kappa shape index (κ1) is 22.4. The molecule has 22 heavy (non-hydrogen) atoms. The summed E-state index contributed by atoms with van der Waals surface area (Å²) in [5.41, 5.74) is 4.83. The first-order valence-corrected chi connectivity index (χ1v) is 7.85. The molecule has 0 aromatic carbocycles. The van der Waals surface area contributed by atoms with Gasteiger partial charge in [0.2, 0.25) is 17.9 Å². The molecule has 0 aromatic rings. The normalized spacial score (nSPS) is 13.8. The molecule has 0 aliphatic rings. The van der Waals surface area contributed by atoms with Crippen molar-refractivity contribution in [2.45, 2.75) is 39.3 Å². The summed E-state index contributed by atoms with van der Waals surface area (Å²) in [5, 5.41) is 21.0. The predicted molar refractivity (Wildman–Crippen MR) is 83.1 cm³/mol. The average molecular weight is 337 g/mol. The summed E-state index contributed by atoms with van der Waals surface area (Å²) in [5.74, 6) is -1.88. The van der Waals surface area contributed by atoms with Crippen LogP contribution in [0.15, 0.2) is 0 Å². The van der Waals surface area contributed by atoms with Gasteiger partial charge in [-0.2, -0.15) is 11.8 Å². The summed E-state index contributed by atoms with van der Waals surface area (Å²) < 4.78 is 0. The Balaban J connectivity index is 0. The number of hydrogen-bond donors (Lipinski definition) is 3. The number of nitrogens with one attached hydrogen (secondary N) is 1. The molecule has 0 radical (unpaired) electrons. The number of carbonyl (C=O) groups is 3. The summed E-state index contributed by atoms with van der Waals surface area (Å²) in [6.07, 6.45) is 2.36. The molecule has 0 saturated heterocycles. The molecule has 0 aromatic heterocycles. The molecule has 4 N–H and O–H groups in total. The van der Waals surface area contributed by atoms with Crippen molar-refractivity contribution in [3.63, 3.8) is 0 Å². The zero-order valence-electron chi connectivity index (χ0n) is 13.1. The van der Waals surface area contributed by atoms with Gasteiger partial charge in [-0.05, 0) is 25.4 Å². The van der Waals surface area contributed by atoms with E-state index in [-0.39, 0.29) is 5.91 Å². The third-order valence-corrected chi connectivity index (χ3v) is 3.44. The number of thioether (sulfide) groups is 1. The highest BCUT2D eigenvalue weighted by Crippen LogP contribution is 2.03. The summed E-state index contributed by atoms with van der Waals surface area (Å²) in [7, 11) is 0. The fourth-order valence-electron chi connectivity index (χ4n) is 1.16. The Hall–Kier alpha value is -1.84. The van der Waals surface area contributed by atoms with Gasteiger partial charge in [0.15, 0.2) is 0 Å². The second-order valence-electron chi connectivity index (χ2n) is 4.59. The van der Waals surface area contributed by atoms with Gasteiger partial charge < -0.3 is 16.2 Å². The molecule has 2 amide bonds. The summed E-state index contributed by atoms with van der Waals surface area (Å²) >= 11 is 1.56. The number of amides is 2. The Morgan fingerprint density at radius 2 is 1.86 bits per heavy atom. The van der Waals surface area contributed by atoms with Gasteiger partial charge in [0.05, 0.1) is 0 Å². The lowest BCUT2D eigenvalue weighted by Crippen LogP contribution is -2.39. The van der Waals surface area contributed by atoms with Gasteiger partial charge in [0, 0.05) is 18.8 Å². The number of nitro groups is 1. The zero-order valence-corrected chi connectivity index (χ0v) is 13.9. The van der Waals surface area contributed by atoms with Gasteiger partial charge in [-0.25, -0.2) is 4.79 Å². The first-order valence-electron chi connectivity index (χ1n) is 6.46. The van der Waals surface area contributed by atoms with Crippen molar-refractivity contribution in [3.8, 4) is 0 Å². The van der Waals surface area contributed by atoms with Crippen LogP contribution in [0.4, 0.5) is 0 Å². The fraction of sp³-hybridized carbons (Fsp3) is 0.750. The molecule has 0 bridgehead atoms. The lowest BCUT2D eigenvalue weighted by atomic mass is 10.0. The van der Waals surface area contributed by atoms with Gasteiger partial charge in [0.1, 0.15) is 12.0 Å². The lowest BCUT2D eigenvalue weighted by Gasteiger charge is -2.11. The van der Waals surface area contributed by atoms with Crippen LogP contribution in [-0.2, 0) is 14.4 Å². The quantitative estimate of drug-likeness (QED) is 0.419. The monoisotopic (exact) mass is 337 g/mol. The minimum atomic E-state index is -0.973. The van der Waals surface area contributed by atoms with E-state index in [0.29, 0.717) is 6.42 Å². The molecule has 10 heteroatoms. The van der Waals surface area contributed by atoms with Crippen LogP contribution in [0.2, 0.25) is 0 Å². The van der Waals surface area contributed by atoms with Crippen LogP contribution in [0.3, 0.4) is 0 Å². The SMILES string of the molecule is CC(C(N)=O)C(C)[N+](=O)[O-].CSCC[C@H](NC(C)=O)C(=O)O. The number of primary amides is 1. The Morgan fingerprint density at radius 3 is 2.09 bits per heavy atom. The topological polar surface area (TPSA) is 153 Å². The molecule has 0 rings (SSSR count). The van der Waals surface area contributed by atoms with E-state index in [1.165, 1.54) is 20.8 Å². The Bertz CT molecular complexity index is 386. The molecular weight excluding hydrogens is 314 g/mol. The number of carboxylic acid groups (broad SMARTS) is 1. The predicted octanol–water partition coefficient (Wildman–Crippen LogP) is 0.102. The maximum absolute atomic E-state index is 10.5.